The number of H-pyrrole nitrogens is 1. The van der Waals surface area contributed by atoms with Crippen molar-refractivity contribution >= 4 is 15.7 Å². The van der Waals surface area contributed by atoms with Gasteiger partial charge in [0.2, 0.25) is 5.43 Å². The fraction of sp³-hybridized carbons (Fsp3) is 0.231. The maximum atomic E-state index is 12.2. The standard InChI is InChI=1S/C13H15N3O4S/c1-2-7-16-9-10(3-4-13(16)18)15-21(19,20)12-8-14-6-5-11(12)17/h3-6,8-9,15H,2,7H2,1H3,(H,14,17). The quantitative estimate of drug-likeness (QED) is 0.851. The van der Waals surface area contributed by atoms with Crippen LogP contribution in [-0.4, -0.2) is 18.0 Å². The number of hydrogen-bond acceptors (Lipinski definition) is 4. The number of aromatic nitrogens is 2. The first-order valence-corrected chi connectivity index (χ1v) is 7.83. The van der Waals surface area contributed by atoms with Crippen LogP contribution in [0.3, 0.4) is 0 Å². The average molecular weight is 309 g/mol. The van der Waals surface area contributed by atoms with Gasteiger partial charge in [0.05, 0.1) is 5.69 Å². The van der Waals surface area contributed by atoms with E-state index in [1.165, 1.54) is 29.1 Å². The van der Waals surface area contributed by atoms with Crippen LogP contribution in [0.25, 0.3) is 0 Å². The molecule has 2 N–H and O–H groups in total. The molecule has 7 nitrogen and oxygen atoms in total. The molecule has 2 aromatic heterocycles. The minimum Gasteiger partial charge on any atom is -0.366 e. The van der Waals surface area contributed by atoms with Gasteiger partial charge in [0.25, 0.3) is 15.6 Å². The molecule has 0 unspecified atom stereocenters. The number of anilines is 1. The Morgan fingerprint density at radius 2 is 2.00 bits per heavy atom. The summed E-state index contributed by atoms with van der Waals surface area (Å²) in [7, 11) is -4.00. The minimum absolute atomic E-state index is 0.211. The highest BCUT2D eigenvalue weighted by Gasteiger charge is 2.18. The van der Waals surface area contributed by atoms with E-state index < -0.39 is 15.5 Å². The third-order valence-corrected chi connectivity index (χ3v) is 4.18. The van der Waals surface area contributed by atoms with Crippen LogP contribution >= 0.6 is 0 Å². The van der Waals surface area contributed by atoms with E-state index in [2.05, 4.69) is 9.71 Å². The van der Waals surface area contributed by atoms with Crippen LogP contribution in [0.4, 0.5) is 5.69 Å². The van der Waals surface area contributed by atoms with E-state index in [0.29, 0.717) is 6.54 Å². The number of sulfonamides is 1. The van der Waals surface area contributed by atoms with E-state index in [4.69, 9.17) is 0 Å². The Morgan fingerprint density at radius 3 is 2.67 bits per heavy atom. The predicted molar refractivity (Wildman–Crippen MR) is 78.9 cm³/mol. The van der Waals surface area contributed by atoms with E-state index >= 15 is 0 Å². The van der Waals surface area contributed by atoms with Gasteiger partial charge in [-0.25, -0.2) is 8.42 Å². The zero-order valence-corrected chi connectivity index (χ0v) is 12.2. The van der Waals surface area contributed by atoms with E-state index in [1.807, 2.05) is 6.92 Å². The van der Waals surface area contributed by atoms with Crippen LogP contribution in [0.15, 0.2) is 51.3 Å². The van der Waals surface area contributed by atoms with Crippen LogP contribution in [0, 0.1) is 0 Å². The minimum atomic E-state index is -4.00. The summed E-state index contributed by atoms with van der Waals surface area (Å²) in [5.41, 5.74) is -0.591. The molecule has 112 valence electrons. The van der Waals surface area contributed by atoms with Gasteiger partial charge in [0.1, 0.15) is 0 Å². The first-order chi connectivity index (χ1) is 9.94. The number of rotatable bonds is 5. The summed E-state index contributed by atoms with van der Waals surface area (Å²) in [5, 5.41) is 0. The molecular formula is C13H15N3O4S. The zero-order valence-electron chi connectivity index (χ0n) is 11.4. The van der Waals surface area contributed by atoms with E-state index in [9.17, 15) is 18.0 Å². The molecule has 21 heavy (non-hydrogen) atoms. The molecule has 0 fully saturated rings. The summed E-state index contributed by atoms with van der Waals surface area (Å²) >= 11 is 0. The molecule has 0 aliphatic rings. The summed E-state index contributed by atoms with van der Waals surface area (Å²) in [6.07, 6.45) is 4.63. The first kappa shape index (κ1) is 15.0. The predicted octanol–water partition coefficient (Wildman–Crippen LogP) is 0.747. The lowest BCUT2D eigenvalue weighted by atomic mass is 10.4. The van der Waals surface area contributed by atoms with Crippen molar-refractivity contribution in [2.45, 2.75) is 24.8 Å². The molecule has 0 saturated heterocycles. The van der Waals surface area contributed by atoms with Gasteiger partial charge >= 0.3 is 0 Å². The smallest absolute Gasteiger partial charge is 0.267 e. The van der Waals surface area contributed by atoms with Gasteiger partial charge < -0.3 is 9.55 Å². The molecule has 2 rings (SSSR count). The van der Waals surface area contributed by atoms with Gasteiger partial charge in [-0.3, -0.25) is 14.3 Å². The topological polar surface area (TPSA) is 101 Å². The summed E-state index contributed by atoms with van der Waals surface area (Å²) in [5.74, 6) is 0. The summed E-state index contributed by atoms with van der Waals surface area (Å²) < 4.78 is 28.0. The number of nitrogens with one attached hydrogen (secondary N) is 2. The Kier molecular flexibility index (Phi) is 4.27. The lowest BCUT2D eigenvalue weighted by Crippen LogP contribution is -2.23. The van der Waals surface area contributed by atoms with Crippen LogP contribution in [0.1, 0.15) is 13.3 Å². The SMILES string of the molecule is CCCn1cc(NS(=O)(=O)c2c[nH]ccc2=O)ccc1=O. The molecule has 0 bridgehead atoms. The second-order valence-corrected chi connectivity index (χ2v) is 6.08. The van der Waals surface area contributed by atoms with Crippen molar-refractivity contribution in [2.75, 3.05) is 4.72 Å². The highest BCUT2D eigenvalue weighted by atomic mass is 32.2. The van der Waals surface area contributed by atoms with Gasteiger partial charge in [-0.15, -0.1) is 0 Å². The Balaban J connectivity index is 2.38. The third-order valence-electron chi connectivity index (χ3n) is 2.78. The van der Waals surface area contributed by atoms with Gasteiger partial charge in [-0.2, -0.15) is 0 Å². The lowest BCUT2D eigenvalue weighted by Gasteiger charge is -2.09. The zero-order chi connectivity index (χ0) is 15.5. The van der Waals surface area contributed by atoms with Gasteiger partial charge in [-0.1, -0.05) is 6.92 Å². The van der Waals surface area contributed by atoms with E-state index in [-0.39, 0.29) is 16.1 Å². The molecule has 0 aliphatic carbocycles. The number of nitrogens with zero attached hydrogens (tertiary/aromatic N) is 1. The molecule has 0 saturated carbocycles. The molecule has 0 atom stereocenters. The molecule has 8 heteroatoms. The monoisotopic (exact) mass is 309 g/mol. The number of aromatic amines is 1. The lowest BCUT2D eigenvalue weighted by molar-refractivity contribution is 0.599. The number of hydrogen-bond donors (Lipinski definition) is 2. The van der Waals surface area contributed by atoms with Crippen molar-refractivity contribution in [3.8, 4) is 0 Å². The van der Waals surface area contributed by atoms with Crippen molar-refractivity contribution in [3.05, 3.63) is 57.4 Å². The van der Waals surface area contributed by atoms with Gasteiger partial charge in [0.15, 0.2) is 4.90 Å². The first-order valence-electron chi connectivity index (χ1n) is 6.34. The molecule has 0 amide bonds. The van der Waals surface area contributed by atoms with Crippen molar-refractivity contribution in [1.29, 1.82) is 0 Å². The van der Waals surface area contributed by atoms with E-state index in [1.54, 1.807) is 0 Å². The van der Waals surface area contributed by atoms with Crippen molar-refractivity contribution < 1.29 is 8.42 Å². The second-order valence-electron chi connectivity index (χ2n) is 4.43. The molecule has 2 heterocycles. The van der Waals surface area contributed by atoms with Gasteiger partial charge in [-0.05, 0) is 12.5 Å². The summed E-state index contributed by atoms with van der Waals surface area (Å²) in [6, 6.07) is 3.78. The summed E-state index contributed by atoms with van der Waals surface area (Å²) in [6.45, 7) is 2.40. The van der Waals surface area contributed by atoms with Crippen molar-refractivity contribution in [3.63, 3.8) is 0 Å². The van der Waals surface area contributed by atoms with Crippen LogP contribution in [-0.2, 0) is 16.6 Å². The fourth-order valence-corrected chi connectivity index (χ4v) is 2.93. The highest BCUT2D eigenvalue weighted by molar-refractivity contribution is 7.92. The average Bonchev–Trinajstić information content (AvgIpc) is 2.43. The van der Waals surface area contributed by atoms with Crippen molar-refractivity contribution in [1.82, 2.24) is 9.55 Å². The Bertz CT molecular complexity index is 852. The normalized spacial score (nSPS) is 11.3. The fourth-order valence-electron chi connectivity index (χ4n) is 1.83. The van der Waals surface area contributed by atoms with Crippen molar-refractivity contribution in [2.24, 2.45) is 0 Å². The molecule has 2 aromatic rings. The molecule has 0 radical (unpaired) electrons. The molecule has 0 aromatic carbocycles. The molecular weight excluding hydrogens is 294 g/mol. The second kappa shape index (κ2) is 5.96. The summed E-state index contributed by atoms with van der Waals surface area (Å²) in [4.78, 5) is 25.4. The Hall–Kier alpha value is -2.35. The number of pyridine rings is 2. The third kappa shape index (κ3) is 3.40. The Morgan fingerprint density at radius 1 is 1.24 bits per heavy atom. The molecule has 0 spiro atoms. The van der Waals surface area contributed by atoms with Gasteiger partial charge in [0, 0.05) is 37.3 Å². The van der Waals surface area contributed by atoms with Crippen LogP contribution < -0.4 is 15.7 Å². The van der Waals surface area contributed by atoms with Crippen LogP contribution in [0.2, 0.25) is 0 Å². The molecule has 0 aliphatic heterocycles. The Labute approximate surface area is 121 Å². The maximum Gasteiger partial charge on any atom is 0.267 e. The highest BCUT2D eigenvalue weighted by Crippen LogP contribution is 2.11. The number of aryl methyl sites for hydroxylation is 1. The van der Waals surface area contributed by atoms with Crippen LogP contribution in [0.5, 0.6) is 0 Å². The largest absolute Gasteiger partial charge is 0.366 e. The maximum absolute atomic E-state index is 12.2. The van der Waals surface area contributed by atoms with E-state index in [0.717, 1.165) is 18.7 Å².